The predicted molar refractivity (Wildman–Crippen MR) is 72.8 cm³/mol. The minimum Gasteiger partial charge on any atom is -0.478 e. The van der Waals surface area contributed by atoms with Crippen LogP contribution in [0.25, 0.3) is 0 Å². The first-order valence-electron chi connectivity index (χ1n) is 5.22. The number of allylic oxidation sites excluding steroid dienone is 1. The fourth-order valence-electron chi connectivity index (χ4n) is 0.449. The van der Waals surface area contributed by atoms with Crippen molar-refractivity contribution < 1.29 is 44.4 Å². The van der Waals surface area contributed by atoms with Gasteiger partial charge in [-0.2, -0.15) is 0 Å². The fraction of sp³-hybridized carbons (Fsp3) is 0.0833. The fourth-order valence-corrected chi connectivity index (χ4v) is 0.449. The highest BCUT2D eigenvalue weighted by molar-refractivity contribution is 5.90. The van der Waals surface area contributed by atoms with Crippen LogP contribution in [0.4, 0.5) is 0 Å². The monoisotopic (exact) mass is 317 g/mol. The molecule has 22 heavy (non-hydrogen) atoms. The summed E-state index contributed by atoms with van der Waals surface area (Å²) in [6.45, 7) is 1.74. The summed E-state index contributed by atoms with van der Waals surface area (Å²) < 4.78 is 0. The van der Waals surface area contributed by atoms with E-state index in [9.17, 15) is 24.0 Å². The Morgan fingerprint density at radius 3 is 0.909 bits per heavy atom. The van der Waals surface area contributed by atoms with Crippen LogP contribution in [0.15, 0.2) is 36.5 Å². The molecular weight excluding hydrogens is 302 g/mol. The SMILES string of the molecule is CC=CC(N)=O.O=C(O)/C=C/C(=O)O.O=C(O)/C=C/C(=O)O. The average Bonchev–Trinajstić information content (AvgIpc) is 2.35. The molecule has 0 heterocycles. The van der Waals surface area contributed by atoms with Crippen LogP contribution in [0.3, 0.4) is 0 Å². The molecule has 0 aromatic heterocycles. The van der Waals surface area contributed by atoms with Crippen LogP contribution < -0.4 is 5.73 Å². The van der Waals surface area contributed by atoms with Gasteiger partial charge in [-0.05, 0) is 13.0 Å². The summed E-state index contributed by atoms with van der Waals surface area (Å²) in [4.78, 5) is 47.9. The molecule has 0 saturated carbocycles. The van der Waals surface area contributed by atoms with E-state index in [-0.39, 0.29) is 0 Å². The molecule has 10 nitrogen and oxygen atoms in total. The van der Waals surface area contributed by atoms with E-state index in [1.165, 1.54) is 6.08 Å². The number of carboxylic acids is 4. The molecular formula is C12H15NO9. The van der Waals surface area contributed by atoms with Gasteiger partial charge >= 0.3 is 23.9 Å². The summed E-state index contributed by atoms with van der Waals surface area (Å²) in [5, 5.41) is 31.2. The summed E-state index contributed by atoms with van der Waals surface area (Å²) in [6.07, 6.45) is 5.14. The lowest BCUT2D eigenvalue weighted by Crippen LogP contribution is -2.04. The van der Waals surface area contributed by atoms with Gasteiger partial charge in [0.2, 0.25) is 5.91 Å². The van der Waals surface area contributed by atoms with E-state index >= 15 is 0 Å². The van der Waals surface area contributed by atoms with Crippen LogP contribution in [0, 0.1) is 0 Å². The second kappa shape index (κ2) is 15.6. The Morgan fingerprint density at radius 2 is 0.864 bits per heavy atom. The van der Waals surface area contributed by atoms with Gasteiger partial charge in [0.25, 0.3) is 0 Å². The number of amides is 1. The topological polar surface area (TPSA) is 192 Å². The van der Waals surface area contributed by atoms with Crippen LogP contribution >= 0.6 is 0 Å². The third-order valence-electron chi connectivity index (χ3n) is 1.07. The molecule has 0 radical (unpaired) electrons. The number of nitrogens with two attached hydrogens (primary N) is 1. The first-order chi connectivity index (χ1) is 10.0. The molecule has 0 aromatic rings. The van der Waals surface area contributed by atoms with Crippen molar-refractivity contribution >= 4 is 29.8 Å². The molecule has 0 aliphatic carbocycles. The summed E-state index contributed by atoms with van der Waals surface area (Å²) in [5.74, 6) is -5.42. The maximum atomic E-state index is 9.73. The number of aliphatic carboxylic acids is 4. The Balaban J connectivity index is -0.000000249. The van der Waals surface area contributed by atoms with Gasteiger partial charge in [0.1, 0.15) is 0 Å². The van der Waals surface area contributed by atoms with Crippen LogP contribution in [0.2, 0.25) is 0 Å². The number of hydrogen-bond donors (Lipinski definition) is 5. The first-order valence-corrected chi connectivity index (χ1v) is 5.22. The van der Waals surface area contributed by atoms with E-state index in [0.29, 0.717) is 24.3 Å². The maximum Gasteiger partial charge on any atom is 0.328 e. The highest BCUT2D eigenvalue weighted by atomic mass is 16.4. The lowest BCUT2D eigenvalue weighted by atomic mass is 10.5. The van der Waals surface area contributed by atoms with Crippen LogP contribution in [-0.2, 0) is 24.0 Å². The first kappa shape index (κ1) is 23.6. The molecule has 0 atom stereocenters. The minimum absolute atomic E-state index is 0.391. The molecule has 0 aliphatic heterocycles. The van der Waals surface area contributed by atoms with Gasteiger partial charge in [0.15, 0.2) is 0 Å². The molecule has 0 aliphatic rings. The standard InChI is InChI=1S/C4H7NO.2C4H4O4/c1-2-3-4(5)6;2*5-3(6)1-2-4(7)8/h2-3H,1H3,(H2,5,6);2*1-2H,(H,5,6)(H,7,8)/b;2*2-1+. The lowest BCUT2D eigenvalue weighted by molar-refractivity contribution is -0.134. The van der Waals surface area contributed by atoms with Crippen molar-refractivity contribution in [3.05, 3.63) is 36.5 Å². The van der Waals surface area contributed by atoms with Gasteiger partial charge < -0.3 is 26.2 Å². The van der Waals surface area contributed by atoms with Gasteiger partial charge in [-0.1, -0.05) is 6.08 Å². The van der Waals surface area contributed by atoms with Crippen molar-refractivity contribution in [3.8, 4) is 0 Å². The summed E-state index contributed by atoms with van der Waals surface area (Å²) in [5.41, 5.74) is 4.68. The Kier molecular flexibility index (Phi) is 16.8. The number of carboxylic acid groups (broad SMARTS) is 4. The van der Waals surface area contributed by atoms with E-state index in [1.54, 1.807) is 13.0 Å². The van der Waals surface area contributed by atoms with Crippen molar-refractivity contribution in [1.82, 2.24) is 0 Å². The van der Waals surface area contributed by atoms with E-state index in [4.69, 9.17) is 20.4 Å². The number of hydrogen-bond acceptors (Lipinski definition) is 5. The normalized spacial score (nSPS) is 9.50. The number of rotatable bonds is 5. The Morgan fingerprint density at radius 1 is 0.636 bits per heavy atom. The highest BCUT2D eigenvalue weighted by Crippen LogP contribution is 1.71. The number of primary amides is 1. The molecule has 1 amide bonds. The van der Waals surface area contributed by atoms with Crippen molar-refractivity contribution in [3.63, 3.8) is 0 Å². The molecule has 0 bridgehead atoms. The number of carbonyl (C=O) groups excluding carboxylic acids is 1. The molecule has 0 saturated heterocycles. The lowest BCUT2D eigenvalue weighted by Gasteiger charge is -1.74. The minimum atomic E-state index is -1.26. The molecule has 0 unspecified atom stereocenters. The van der Waals surface area contributed by atoms with Gasteiger partial charge in [0, 0.05) is 24.3 Å². The van der Waals surface area contributed by atoms with E-state index in [2.05, 4.69) is 5.73 Å². The molecule has 0 fully saturated rings. The van der Waals surface area contributed by atoms with Crippen LogP contribution in [0.1, 0.15) is 6.92 Å². The molecule has 6 N–H and O–H groups in total. The third kappa shape index (κ3) is 43.9. The van der Waals surface area contributed by atoms with Gasteiger partial charge in [-0.15, -0.1) is 0 Å². The van der Waals surface area contributed by atoms with E-state index < -0.39 is 29.8 Å². The Hall–Kier alpha value is -3.43. The van der Waals surface area contributed by atoms with Crippen molar-refractivity contribution in [2.75, 3.05) is 0 Å². The highest BCUT2D eigenvalue weighted by Gasteiger charge is 1.88. The van der Waals surface area contributed by atoms with Gasteiger partial charge in [0.05, 0.1) is 0 Å². The third-order valence-corrected chi connectivity index (χ3v) is 1.07. The molecule has 10 heteroatoms. The van der Waals surface area contributed by atoms with Gasteiger partial charge in [-0.25, -0.2) is 19.2 Å². The summed E-state index contributed by atoms with van der Waals surface area (Å²) in [7, 11) is 0. The van der Waals surface area contributed by atoms with Gasteiger partial charge in [-0.3, -0.25) is 4.79 Å². The van der Waals surface area contributed by atoms with Crippen LogP contribution in [0.5, 0.6) is 0 Å². The summed E-state index contributed by atoms with van der Waals surface area (Å²) in [6, 6.07) is 0. The van der Waals surface area contributed by atoms with Crippen molar-refractivity contribution in [1.29, 1.82) is 0 Å². The predicted octanol–water partition coefficient (Wildman–Crippen LogP) is -0.529. The largest absolute Gasteiger partial charge is 0.478 e. The number of carbonyl (C=O) groups is 5. The van der Waals surface area contributed by atoms with Crippen LogP contribution in [-0.4, -0.2) is 50.2 Å². The zero-order valence-electron chi connectivity index (χ0n) is 11.4. The smallest absolute Gasteiger partial charge is 0.328 e. The molecule has 122 valence electrons. The second-order valence-corrected chi connectivity index (χ2v) is 2.92. The average molecular weight is 317 g/mol. The quantitative estimate of drug-likeness (QED) is 0.414. The Labute approximate surface area is 124 Å². The summed E-state index contributed by atoms with van der Waals surface area (Å²) >= 11 is 0. The van der Waals surface area contributed by atoms with E-state index in [1.807, 2.05) is 0 Å². The Bertz CT molecular complexity index is 423. The zero-order chi connectivity index (χ0) is 18.1. The maximum absolute atomic E-state index is 9.73. The van der Waals surface area contributed by atoms with Crippen molar-refractivity contribution in [2.45, 2.75) is 6.92 Å². The zero-order valence-corrected chi connectivity index (χ0v) is 11.4. The molecule has 0 rings (SSSR count). The van der Waals surface area contributed by atoms with Crippen molar-refractivity contribution in [2.24, 2.45) is 5.73 Å². The molecule has 0 aromatic carbocycles. The van der Waals surface area contributed by atoms with E-state index in [0.717, 1.165) is 0 Å². The second-order valence-electron chi connectivity index (χ2n) is 2.92. The molecule has 0 spiro atoms.